The molecule has 1 aromatic carbocycles. The molecular formula is C20H23Cl2FN4S. The number of nitrogens with one attached hydrogen (secondary N) is 2. The number of rotatable bonds is 5. The Morgan fingerprint density at radius 1 is 1.07 bits per heavy atom. The first-order valence-electron chi connectivity index (χ1n) is 8.91. The third-order valence-electron chi connectivity index (χ3n) is 4.68. The summed E-state index contributed by atoms with van der Waals surface area (Å²) < 4.78 is 13.1. The largest absolute Gasteiger partial charge is 0.317 e. The number of piperidine rings is 1. The van der Waals surface area contributed by atoms with Gasteiger partial charge in [0.05, 0.1) is 4.88 Å². The molecule has 4 rings (SSSR count). The monoisotopic (exact) mass is 440 g/mol. The number of pyridine rings is 1. The van der Waals surface area contributed by atoms with E-state index in [1.165, 1.54) is 41.9 Å². The van der Waals surface area contributed by atoms with Crippen molar-refractivity contribution < 1.29 is 4.39 Å². The fourth-order valence-corrected chi connectivity index (χ4v) is 4.11. The van der Waals surface area contributed by atoms with E-state index >= 15 is 0 Å². The Morgan fingerprint density at radius 3 is 2.57 bits per heavy atom. The van der Waals surface area contributed by atoms with Crippen LogP contribution in [0.5, 0.6) is 0 Å². The van der Waals surface area contributed by atoms with Gasteiger partial charge >= 0.3 is 0 Å². The maximum absolute atomic E-state index is 13.1. The Bertz CT molecular complexity index is 867. The minimum atomic E-state index is -0.230. The lowest BCUT2D eigenvalue weighted by atomic mass is 9.91. The van der Waals surface area contributed by atoms with Crippen LogP contribution in [0, 0.1) is 11.7 Å². The van der Waals surface area contributed by atoms with Gasteiger partial charge in [-0.1, -0.05) is 23.5 Å². The summed E-state index contributed by atoms with van der Waals surface area (Å²) in [5, 5.41) is 7.49. The first-order chi connectivity index (χ1) is 12.8. The summed E-state index contributed by atoms with van der Waals surface area (Å²) in [4.78, 5) is 9.83. The van der Waals surface area contributed by atoms with Crippen LogP contribution in [0.1, 0.15) is 18.4 Å². The van der Waals surface area contributed by atoms with E-state index in [0.29, 0.717) is 0 Å². The van der Waals surface area contributed by atoms with Crippen LogP contribution in [0.4, 0.5) is 15.3 Å². The molecule has 1 fully saturated rings. The van der Waals surface area contributed by atoms with Gasteiger partial charge in [-0.15, -0.1) is 24.8 Å². The van der Waals surface area contributed by atoms with E-state index in [4.69, 9.17) is 0 Å². The number of halogens is 3. The van der Waals surface area contributed by atoms with Gasteiger partial charge in [-0.05, 0) is 73.7 Å². The van der Waals surface area contributed by atoms with E-state index in [-0.39, 0.29) is 30.6 Å². The zero-order valence-electron chi connectivity index (χ0n) is 15.2. The molecular weight excluding hydrogens is 418 g/mol. The highest BCUT2D eigenvalue weighted by atomic mass is 35.5. The molecule has 1 aliphatic rings. The molecule has 0 spiro atoms. The fraction of sp³-hybridized carbons (Fsp3) is 0.300. The normalized spacial score (nSPS) is 14.0. The van der Waals surface area contributed by atoms with Crippen LogP contribution in [0.25, 0.3) is 10.4 Å². The van der Waals surface area contributed by atoms with Crippen LogP contribution in [-0.2, 0) is 6.42 Å². The van der Waals surface area contributed by atoms with Crippen molar-refractivity contribution in [3.05, 3.63) is 60.2 Å². The zero-order chi connectivity index (χ0) is 17.8. The molecule has 0 aliphatic carbocycles. The average Bonchev–Trinajstić information content (AvgIpc) is 3.12. The maximum atomic E-state index is 13.1. The molecule has 1 saturated heterocycles. The van der Waals surface area contributed by atoms with Gasteiger partial charge in [0.1, 0.15) is 11.6 Å². The SMILES string of the molecule is Cl.Cl.Fc1ccc(-c2cnc(Nc3cc(CC4CCNCC4)ccn3)s2)cc1. The minimum absolute atomic E-state index is 0. The van der Waals surface area contributed by atoms with Gasteiger partial charge in [0.2, 0.25) is 0 Å². The van der Waals surface area contributed by atoms with Gasteiger partial charge in [0.25, 0.3) is 0 Å². The quantitative estimate of drug-likeness (QED) is 0.551. The second-order valence-corrected chi connectivity index (χ2v) is 7.64. The lowest BCUT2D eigenvalue weighted by molar-refractivity contribution is 0.372. The molecule has 2 N–H and O–H groups in total. The standard InChI is InChI=1S/C20H21FN4S.2ClH/c21-17-3-1-16(2-4-17)18-13-24-20(26-18)25-19-12-15(7-10-23-19)11-14-5-8-22-9-6-14;;/h1-4,7,10,12-14,22H,5-6,8-9,11H2,(H,23,24,25);2*1H. The van der Waals surface area contributed by atoms with Crippen molar-refractivity contribution in [2.45, 2.75) is 19.3 Å². The third kappa shape index (κ3) is 5.88. The lowest BCUT2D eigenvalue weighted by Gasteiger charge is -2.22. The predicted octanol–water partition coefficient (Wildman–Crippen LogP) is 5.47. The van der Waals surface area contributed by atoms with E-state index in [9.17, 15) is 4.39 Å². The fourth-order valence-electron chi connectivity index (χ4n) is 3.28. The van der Waals surface area contributed by atoms with Crippen molar-refractivity contribution in [2.24, 2.45) is 5.92 Å². The number of hydrogen-bond acceptors (Lipinski definition) is 5. The van der Waals surface area contributed by atoms with Crippen molar-refractivity contribution in [1.82, 2.24) is 15.3 Å². The summed E-state index contributed by atoms with van der Waals surface area (Å²) in [5.74, 6) is 1.33. The summed E-state index contributed by atoms with van der Waals surface area (Å²) in [6.07, 6.45) is 7.22. The van der Waals surface area contributed by atoms with Crippen LogP contribution >= 0.6 is 36.2 Å². The summed E-state index contributed by atoms with van der Waals surface area (Å²) in [7, 11) is 0. The molecule has 150 valence electrons. The Hall–Kier alpha value is -1.73. The topological polar surface area (TPSA) is 49.8 Å². The number of hydrogen-bond donors (Lipinski definition) is 2. The summed E-state index contributed by atoms with van der Waals surface area (Å²) in [6, 6.07) is 10.7. The van der Waals surface area contributed by atoms with E-state index in [1.807, 2.05) is 6.20 Å². The average molecular weight is 441 g/mol. The van der Waals surface area contributed by atoms with Crippen LogP contribution in [0.15, 0.2) is 48.8 Å². The van der Waals surface area contributed by atoms with Crippen molar-refractivity contribution in [3.63, 3.8) is 0 Å². The molecule has 2 aromatic heterocycles. The first-order valence-corrected chi connectivity index (χ1v) is 9.72. The highest BCUT2D eigenvalue weighted by Gasteiger charge is 2.14. The molecule has 28 heavy (non-hydrogen) atoms. The number of nitrogens with zero attached hydrogens (tertiary/aromatic N) is 2. The molecule has 8 heteroatoms. The maximum Gasteiger partial charge on any atom is 0.188 e. The highest BCUT2D eigenvalue weighted by molar-refractivity contribution is 7.18. The van der Waals surface area contributed by atoms with Gasteiger partial charge in [-0.3, -0.25) is 0 Å². The zero-order valence-corrected chi connectivity index (χ0v) is 17.7. The molecule has 0 amide bonds. The van der Waals surface area contributed by atoms with Gasteiger partial charge < -0.3 is 10.6 Å². The second-order valence-electron chi connectivity index (χ2n) is 6.61. The number of benzene rings is 1. The smallest absolute Gasteiger partial charge is 0.188 e. The molecule has 0 bridgehead atoms. The summed E-state index contributed by atoms with van der Waals surface area (Å²) in [6.45, 7) is 2.23. The van der Waals surface area contributed by atoms with Crippen LogP contribution in [0.3, 0.4) is 0 Å². The number of thiazole rings is 1. The van der Waals surface area contributed by atoms with Crippen LogP contribution in [-0.4, -0.2) is 23.1 Å². The first kappa shape index (κ1) is 22.6. The Balaban J connectivity index is 0.00000140. The van der Waals surface area contributed by atoms with E-state index in [2.05, 4.69) is 32.7 Å². The molecule has 0 atom stereocenters. The van der Waals surface area contributed by atoms with E-state index in [1.54, 1.807) is 18.3 Å². The van der Waals surface area contributed by atoms with E-state index < -0.39 is 0 Å². The molecule has 0 saturated carbocycles. The van der Waals surface area contributed by atoms with Gasteiger partial charge in [-0.2, -0.15) is 0 Å². The highest BCUT2D eigenvalue weighted by Crippen LogP contribution is 2.30. The van der Waals surface area contributed by atoms with Crippen molar-refractivity contribution in [1.29, 1.82) is 0 Å². The van der Waals surface area contributed by atoms with Gasteiger partial charge in [0, 0.05) is 12.4 Å². The Labute approximate surface area is 180 Å². The van der Waals surface area contributed by atoms with Crippen LogP contribution in [0.2, 0.25) is 0 Å². The predicted molar refractivity (Wildman–Crippen MR) is 119 cm³/mol. The molecule has 0 unspecified atom stereocenters. The Morgan fingerprint density at radius 2 is 1.82 bits per heavy atom. The molecule has 3 heterocycles. The third-order valence-corrected chi connectivity index (χ3v) is 5.64. The molecule has 1 aliphatic heterocycles. The molecule has 0 radical (unpaired) electrons. The summed E-state index contributed by atoms with van der Waals surface area (Å²) in [5.41, 5.74) is 2.27. The number of aromatic nitrogens is 2. The van der Waals surface area contributed by atoms with Gasteiger partial charge in [0.15, 0.2) is 5.13 Å². The molecule has 3 aromatic rings. The lowest BCUT2D eigenvalue weighted by Crippen LogP contribution is -2.28. The van der Waals surface area contributed by atoms with Crippen molar-refractivity contribution in [3.8, 4) is 10.4 Å². The van der Waals surface area contributed by atoms with Gasteiger partial charge in [-0.25, -0.2) is 14.4 Å². The van der Waals surface area contributed by atoms with Crippen molar-refractivity contribution in [2.75, 3.05) is 18.4 Å². The second kappa shape index (κ2) is 10.7. The van der Waals surface area contributed by atoms with Crippen LogP contribution < -0.4 is 10.6 Å². The Kier molecular flexibility index (Phi) is 8.63. The molecule has 4 nitrogen and oxygen atoms in total. The number of anilines is 2. The van der Waals surface area contributed by atoms with Crippen molar-refractivity contribution >= 4 is 47.1 Å². The minimum Gasteiger partial charge on any atom is -0.317 e. The van der Waals surface area contributed by atoms with E-state index in [0.717, 1.165) is 46.8 Å². The summed E-state index contributed by atoms with van der Waals surface area (Å²) >= 11 is 1.54.